The van der Waals surface area contributed by atoms with Gasteiger partial charge >= 0.3 is 6.09 Å². The number of alkyl halides is 4. The Morgan fingerprint density at radius 2 is 1.81 bits per heavy atom. The second-order valence-corrected chi connectivity index (χ2v) is 10.9. The number of nitrogens with zero attached hydrogens (tertiary/aromatic N) is 2. The van der Waals surface area contributed by atoms with Crippen molar-refractivity contribution in [2.45, 2.75) is 21.3 Å². The fourth-order valence-corrected chi connectivity index (χ4v) is 4.61. The van der Waals surface area contributed by atoms with Gasteiger partial charge in [-0.15, -0.1) is 23.2 Å². The van der Waals surface area contributed by atoms with Crippen LogP contribution in [0.5, 0.6) is 0 Å². The molecule has 2 aliphatic rings. The Kier molecular flexibility index (Phi) is 8.21. The number of hydrogen-bond acceptors (Lipinski definition) is 6. The summed E-state index contributed by atoms with van der Waals surface area (Å²) in [5.74, 6) is -0.803. The van der Waals surface area contributed by atoms with Gasteiger partial charge in [0.05, 0.1) is 30.0 Å². The maximum absolute atomic E-state index is 12.1. The first kappa shape index (κ1) is 25.0. The summed E-state index contributed by atoms with van der Waals surface area (Å²) in [6.45, 7) is 0. The molecule has 1 aliphatic carbocycles. The minimum atomic E-state index is -1.63. The SMILES string of the molecule is COC(=O)Nc1nc2ccccc2[nH]1.O=C1C2CC=CCC2C(=O)N1SC(Cl)(Cl)C(Cl)Cl. The summed E-state index contributed by atoms with van der Waals surface area (Å²) in [5.41, 5.74) is 1.68. The first-order valence-corrected chi connectivity index (χ1v) is 11.7. The van der Waals surface area contributed by atoms with Gasteiger partial charge in [0.1, 0.15) is 0 Å². The summed E-state index contributed by atoms with van der Waals surface area (Å²) in [4.78, 5) is 41.0. The molecule has 2 atom stereocenters. The lowest BCUT2D eigenvalue weighted by molar-refractivity contribution is -0.133. The van der Waals surface area contributed by atoms with Crippen molar-refractivity contribution in [2.24, 2.45) is 11.8 Å². The molecular weight excluding hydrogens is 522 g/mol. The van der Waals surface area contributed by atoms with Crippen LogP contribution in [-0.4, -0.2) is 47.8 Å². The predicted molar refractivity (Wildman–Crippen MR) is 127 cm³/mol. The first-order chi connectivity index (χ1) is 15.1. The van der Waals surface area contributed by atoms with Gasteiger partial charge in [-0.2, -0.15) is 0 Å². The Labute approximate surface area is 208 Å². The highest BCUT2D eigenvalue weighted by Gasteiger charge is 2.51. The van der Waals surface area contributed by atoms with Crippen LogP contribution in [0.2, 0.25) is 0 Å². The number of imide groups is 1. The van der Waals surface area contributed by atoms with E-state index in [0.717, 1.165) is 15.3 Å². The number of halogens is 4. The van der Waals surface area contributed by atoms with Gasteiger partial charge in [0.15, 0.2) is 4.84 Å². The Hall–Kier alpha value is -1.65. The third-order valence-electron chi connectivity index (χ3n) is 4.73. The molecule has 0 radical (unpaired) electrons. The Morgan fingerprint density at radius 3 is 2.34 bits per heavy atom. The molecule has 8 nitrogen and oxygen atoms in total. The number of fused-ring (bicyclic) bond motifs is 2. The summed E-state index contributed by atoms with van der Waals surface area (Å²) < 4.78 is 3.81. The van der Waals surface area contributed by atoms with E-state index in [2.05, 4.69) is 20.0 Å². The molecule has 3 amide bonds. The number of aromatic nitrogens is 2. The van der Waals surface area contributed by atoms with E-state index < -0.39 is 14.6 Å². The number of H-pyrrole nitrogens is 1. The summed E-state index contributed by atoms with van der Waals surface area (Å²) >= 11 is 23.7. The number of allylic oxidation sites excluding steroid dienone is 2. The predicted octanol–water partition coefficient (Wildman–Crippen LogP) is 5.26. The zero-order valence-corrected chi connectivity index (χ0v) is 20.4. The third kappa shape index (κ3) is 5.63. The molecule has 1 aromatic carbocycles. The zero-order chi connectivity index (χ0) is 23.5. The minimum Gasteiger partial charge on any atom is -0.453 e. The number of carbonyl (C=O) groups is 3. The topological polar surface area (TPSA) is 104 Å². The van der Waals surface area contributed by atoms with E-state index in [1.54, 1.807) is 0 Å². The van der Waals surface area contributed by atoms with Crippen LogP contribution in [0.25, 0.3) is 11.0 Å². The van der Waals surface area contributed by atoms with Crippen molar-refractivity contribution in [3.05, 3.63) is 36.4 Å². The zero-order valence-electron chi connectivity index (χ0n) is 16.6. The number of hydrogen-bond donors (Lipinski definition) is 2. The molecule has 1 fully saturated rings. The van der Waals surface area contributed by atoms with Gasteiger partial charge in [0, 0.05) is 11.9 Å². The molecule has 2 heterocycles. The lowest BCUT2D eigenvalue weighted by Gasteiger charge is -2.24. The van der Waals surface area contributed by atoms with E-state index in [0.29, 0.717) is 30.7 Å². The Bertz CT molecular complexity index is 986. The molecular formula is C19H18Cl4N4O4S. The van der Waals surface area contributed by atoms with Crippen molar-refractivity contribution in [3.63, 3.8) is 0 Å². The van der Waals surface area contributed by atoms with Crippen LogP contribution in [0, 0.1) is 11.8 Å². The monoisotopic (exact) mass is 538 g/mol. The number of benzene rings is 1. The number of anilines is 1. The van der Waals surface area contributed by atoms with E-state index in [1.807, 2.05) is 36.4 Å². The highest BCUT2D eigenvalue weighted by atomic mass is 35.5. The molecule has 172 valence electrons. The van der Waals surface area contributed by atoms with Crippen LogP contribution in [-0.2, 0) is 14.3 Å². The highest BCUT2D eigenvalue weighted by Crippen LogP contribution is 2.48. The van der Waals surface area contributed by atoms with E-state index in [4.69, 9.17) is 46.4 Å². The number of methoxy groups -OCH3 is 1. The molecule has 0 saturated carbocycles. The largest absolute Gasteiger partial charge is 0.453 e. The number of ether oxygens (including phenoxy) is 1. The molecule has 1 aliphatic heterocycles. The van der Waals surface area contributed by atoms with Gasteiger partial charge < -0.3 is 9.72 Å². The highest BCUT2D eigenvalue weighted by molar-refractivity contribution is 8.02. The van der Waals surface area contributed by atoms with Crippen molar-refractivity contribution in [1.82, 2.24) is 14.3 Å². The maximum Gasteiger partial charge on any atom is 0.413 e. The average Bonchev–Trinajstić information content (AvgIpc) is 3.28. The molecule has 1 saturated heterocycles. The first-order valence-electron chi connectivity index (χ1n) is 9.31. The van der Waals surface area contributed by atoms with Crippen molar-refractivity contribution in [1.29, 1.82) is 0 Å². The van der Waals surface area contributed by atoms with Crippen molar-refractivity contribution in [3.8, 4) is 0 Å². The normalized spacial score (nSPS) is 20.2. The van der Waals surface area contributed by atoms with Gasteiger partial charge in [-0.3, -0.25) is 14.9 Å². The smallest absolute Gasteiger partial charge is 0.413 e. The molecule has 32 heavy (non-hydrogen) atoms. The average molecular weight is 540 g/mol. The Morgan fingerprint density at radius 1 is 1.22 bits per heavy atom. The maximum atomic E-state index is 12.1. The number of carbonyl (C=O) groups excluding carboxylic acids is 3. The van der Waals surface area contributed by atoms with Crippen molar-refractivity contribution >= 4 is 93.2 Å². The van der Waals surface area contributed by atoms with Gasteiger partial charge in [-0.25, -0.2) is 14.1 Å². The number of amides is 3. The minimum absolute atomic E-state index is 0.279. The van der Waals surface area contributed by atoms with Crippen LogP contribution >= 0.6 is 58.4 Å². The van der Waals surface area contributed by atoms with E-state index in [-0.39, 0.29) is 23.7 Å². The van der Waals surface area contributed by atoms with Crippen LogP contribution < -0.4 is 5.32 Å². The summed E-state index contributed by atoms with van der Waals surface area (Å²) in [7, 11) is 1.30. The van der Waals surface area contributed by atoms with Crippen LogP contribution in [0.1, 0.15) is 12.8 Å². The summed E-state index contributed by atoms with van der Waals surface area (Å²) in [6, 6.07) is 7.51. The van der Waals surface area contributed by atoms with E-state index in [9.17, 15) is 14.4 Å². The van der Waals surface area contributed by atoms with Crippen molar-refractivity contribution in [2.75, 3.05) is 12.4 Å². The second-order valence-electron chi connectivity index (χ2n) is 6.80. The molecule has 13 heteroatoms. The fraction of sp³-hybridized carbons (Fsp3) is 0.368. The molecule has 0 bridgehead atoms. The quantitative estimate of drug-likeness (QED) is 0.237. The lowest BCUT2D eigenvalue weighted by atomic mass is 9.85. The number of aromatic amines is 1. The molecule has 2 unspecified atom stereocenters. The molecule has 2 aromatic rings. The number of para-hydroxylation sites is 2. The number of nitrogens with one attached hydrogen (secondary N) is 2. The summed E-state index contributed by atoms with van der Waals surface area (Å²) in [5, 5.41) is 2.45. The van der Waals surface area contributed by atoms with Crippen LogP contribution in [0.15, 0.2) is 36.4 Å². The van der Waals surface area contributed by atoms with Crippen LogP contribution in [0.4, 0.5) is 10.7 Å². The second kappa shape index (κ2) is 10.5. The fourth-order valence-electron chi connectivity index (χ4n) is 3.18. The molecule has 4 rings (SSSR count). The standard InChI is InChI=1S/C10H9Cl4NO2S.C9H9N3O2/c11-9(12)10(13,14)18-15-7(16)5-3-1-2-4-6(5)8(15)17;1-14-9(13)12-8-10-6-4-2-3-5-7(6)11-8/h1-2,5-6,9H,3-4H2;2-5H,1H3,(H2,10,11,12,13). The third-order valence-corrected chi connectivity index (χ3v) is 7.96. The number of rotatable bonds is 4. The van der Waals surface area contributed by atoms with Gasteiger partial charge in [-0.1, -0.05) is 47.5 Å². The lowest BCUT2D eigenvalue weighted by Crippen LogP contribution is -2.31. The molecule has 1 aromatic heterocycles. The molecule has 0 spiro atoms. The van der Waals surface area contributed by atoms with Gasteiger partial charge in [0.2, 0.25) is 21.4 Å². The summed E-state index contributed by atoms with van der Waals surface area (Å²) in [6.07, 6.45) is 4.40. The number of imidazole rings is 1. The Balaban J connectivity index is 0.000000186. The van der Waals surface area contributed by atoms with Gasteiger partial charge in [0.25, 0.3) is 0 Å². The van der Waals surface area contributed by atoms with Crippen molar-refractivity contribution < 1.29 is 19.1 Å². The molecule has 2 N–H and O–H groups in total. The van der Waals surface area contributed by atoms with E-state index in [1.165, 1.54) is 7.11 Å². The van der Waals surface area contributed by atoms with Gasteiger partial charge in [-0.05, 0) is 25.0 Å². The van der Waals surface area contributed by atoms with E-state index >= 15 is 0 Å². The van der Waals surface area contributed by atoms with Crippen LogP contribution in [0.3, 0.4) is 0 Å².